The third-order valence-electron chi connectivity index (χ3n) is 2.70. The first-order valence-corrected chi connectivity index (χ1v) is 5.36. The highest BCUT2D eigenvalue weighted by atomic mass is 16.3. The maximum atomic E-state index is 9.48. The fraction of sp³-hybridized carbons (Fsp3) is 0.0769. The van der Waals surface area contributed by atoms with Gasteiger partial charge in [0.05, 0.1) is 5.69 Å². The van der Waals surface area contributed by atoms with Crippen LogP contribution in [0, 0.1) is 6.92 Å². The minimum atomic E-state index is 0.283. The quantitative estimate of drug-likeness (QED) is 0.692. The van der Waals surface area contributed by atoms with Gasteiger partial charge in [-0.3, -0.25) is 0 Å². The zero-order chi connectivity index (χ0) is 11.8. The van der Waals surface area contributed by atoms with E-state index in [2.05, 4.69) is 10.2 Å². The largest absolute Gasteiger partial charge is 0.508 e. The molecule has 0 saturated heterocycles. The Kier molecular flexibility index (Phi) is 2.08. The molecule has 1 heterocycles. The van der Waals surface area contributed by atoms with Gasteiger partial charge in [0, 0.05) is 0 Å². The number of aromatic hydroxyl groups is 1. The smallest absolute Gasteiger partial charge is 0.118 e. The highest BCUT2D eigenvalue weighted by Crippen LogP contribution is 2.19. The van der Waals surface area contributed by atoms with E-state index < -0.39 is 0 Å². The summed E-state index contributed by atoms with van der Waals surface area (Å²) in [7, 11) is 0. The number of phenols is 1. The van der Waals surface area contributed by atoms with Crippen LogP contribution < -0.4 is 0 Å². The molecule has 1 N–H and O–H groups in total. The molecule has 2 aromatic carbocycles. The SMILES string of the molecule is Cc1cc(-n2nc3ccccc3n2)ccc1O. The van der Waals surface area contributed by atoms with Gasteiger partial charge < -0.3 is 5.11 Å². The first-order valence-electron chi connectivity index (χ1n) is 5.36. The van der Waals surface area contributed by atoms with Crippen molar-refractivity contribution < 1.29 is 5.11 Å². The van der Waals surface area contributed by atoms with Crippen molar-refractivity contribution >= 4 is 11.0 Å². The van der Waals surface area contributed by atoms with Gasteiger partial charge >= 0.3 is 0 Å². The zero-order valence-electron chi connectivity index (χ0n) is 9.33. The number of hydrogen-bond acceptors (Lipinski definition) is 3. The van der Waals surface area contributed by atoms with Crippen LogP contribution in [0.25, 0.3) is 16.7 Å². The summed E-state index contributed by atoms with van der Waals surface area (Å²) < 4.78 is 0. The number of nitrogens with zero attached hydrogens (tertiary/aromatic N) is 3. The lowest BCUT2D eigenvalue weighted by atomic mass is 10.2. The molecule has 0 aliphatic rings. The predicted octanol–water partition coefficient (Wildman–Crippen LogP) is 2.43. The molecular weight excluding hydrogens is 214 g/mol. The van der Waals surface area contributed by atoms with E-state index in [1.807, 2.05) is 37.3 Å². The highest BCUT2D eigenvalue weighted by Gasteiger charge is 2.05. The van der Waals surface area contributed by atoms with E-state index in [0.29, 0.717) is 0 Å². The van der Waals surface area contributed by atoms with Crippen LogP contribution in [0.5, 0.6) is 5.75 Å². The molecule has 0 atom stereocenters. The molecule has 0 amide bonds. The summed E-state index contributed by atoms with van der Waals surface area (Å²) in [5.74, 6) is 0.283. The van der Waals surface area contributed by atoms with Crippen molar-refractivity contribution in [3.05, 3.63) is 48.0 Å². The molecule has 0 aliphatic heterocycles. The van der Waals surface area contributed by atoms with Crippen molar-refractivity contribution in [2.45, 2.75) is 6.92 Å². The minimum Gasteiger partial charge on any atom is -0.508 e. The molecule has 0 radical (unpaired) electrons. The Bertz CT molecular complexity index is 655. The Morgan fingerprint density at radius 3 is 2.24 bits per heavy atom. The van der Waals surface area contributed by atoms with Crippen LogP contribution >= 0.6 is 0 Å². The first-order chi connectivity index (χ1) is 8.24. The van der Waals surface area contributed by atoms with Gasteiger partial charge in [-0.1, -0.05) is 12.1 Å². The number of phenolic OH excluding ortho intramolecular Hbond substituents is 1. The van der Waals surface area contributed by atoms with Crippen molar-refractivity contribution in [2.24, 2.45) is 0 Å². The monoisotopic (exact) mass is 225 g/mol. The Balaban J connectivity index is 2.17. The van der Waals surface area contributed by atoms with Crippen molar-refractivity contribution in [2.75, 3.05) is 0 Å². The summed E-state index contributed by atoms with van der Waals surface area (Å²) in [6.07, 6.45) is 0. The topological polar surface area (TPSA) is 50.9 Å². The molecule has 3 aromatic rings. The van der Waals surface area contributed by atoms with Crippen LogP contribution in [0.1, 0.15) is 5.56 Å². The lowest BCUT2D eigenvalue weighted by Crippen LogP contribution is -1.98. The van der Waals surface area contributed by atoms with Crippen LogP contribution in [0.4, 0.5) is 0 Å². The molecular formula is C13H11N3O. The number of rotatable bonds is 1. The van der Waals surface area contributed by atoms with Gasteiger partial charge in [-0.05, 0) is 42.8 Å². The zero-order valence-corrected chi connectivity index (χ0v) is 9.33. The molecule has 84 valence electrons. The lowest BCUT2D eigenvalue weighted by molar-refractivity contribution is 0.471. The molecule has 3 rings (SSSR count). The standard InChI is InChI=1S/C13H11N3O/c1-9-8-10(6-7-13(9)17)16-14-11-4-2-3-5-12(11)15-16/h2-8,17H,1H3. The van der Waals surface area contributed by atoms with Crippen LogP contribution in [0.2, 0.25) is 0 Å². The number of fused-ring (bicyclic) bond motifs is 1. The second-order valence-electron chi connectivity index (χ2n) is 3.95. The second kappa shape index (κ2) is 3.59. The molecule has 1 aromatic heterocycles. The van der Waals surface area contributed by atoms with Crippen molar-refractivity contribution in [1.29, 1.82) is 0 Å². The molecule has 4 nitrogen and oxygen atoms in total. The summed E-state index contributed by atoms with van der Waals surface area (Å²) in [5, 5.41) is 18.2. The van der Waals surface area contributed by atoms with Gasteiger partial charge in [-0.2, -0.15) is 4.80 Å². The molecule has 0 unspecified atom stereocenters. The Hall–Kier alpha value is -2.36. The van der Waals surface area contributed by atoms with Crippen LogP contribution in [-0.2, 0) is 0 Å². The van der Waals surface area contributed by atoms with E-state index >= 15 is 0 Å². The minimum absolute atomic E-state index is 0.283. The Morgan fingerprint density at radius 1 is 1.00 bits per heavy atom. The fourth-order valence-electron chi connectivity index (χ4n) is 1.74. The number of aryl methyl sites for hydroxylation is 1. The van der Waals surface area contributed by atoms with E-state index in [1.54, 1.807) is 16.9 Å². The molecule has 0 fully saturated rings. The summed E-state index contributed by atoms with van der Waals surface area (Å²) in [6.45, 7) is 1.85. The van der Waals surface area contributed by atoms with E-state index in [-0.39, 0.29) is 5.75 Å². The van der Waals surface area contributed by atoms with Crippen molar-refractivity contribution in [3.8, 4) is 11.4 Å². The summed E-state index contributed by atoms with van der Waals surface area (Å²) in [5.41, 5.74) is 3.37. The second-order valence-corrected chi connectivity index (χ2v) is 3.95. The lowest BCUT2D eigenvalue weighted by Gasteiger charge is -2.02. The highest BCUT2D eigenvalue weighted by molar-refractivity contribution is 5.73. The fourth-order valence-corrected chi connectivity index (χ4v) is 1.74. The van der Waals surface area contributed by atoms with Crippen LogP contribution in [0.15, 0.2) is 42.5 Å². The van der Waals surface area contributed by atoms with E-state index in [1.165, 1.54) is 0 Å². The average Bonchev–Trinajstić information content (AvgIpc) is 2.76. The third kappa shape index (κ3) is 1.63. The van der Waals surface area contributed by atoms with E-state index in [4.69, 9.17) is 0 Å². The molecule has 0 saturated carbocycles. The normalized spacial score (nSPS) is 10.9. The Morgan fingerprint density at radius 2 is 1.65 bits per heavy atom. The molecule has 17 heavy (non-hydrogen) atoms. The number of aromatic nitrogens is 3. The van der Waals surface area contributed by atoms with E-state index in [0.717, 1.165) is 22.3 Å². The molecule has 0 aliphatic carbocycles. The molecule has 0 bridgehead atoms. The van der Waals surface area contributed by atoms with Gasteiger partial charge in [0.2, 0.25) is 0 Å². The average molecular weight is 225 g/mol. The molecule has 4 heteroatoms. The van der Waals surface area contributed by atoms with Crippen molar-refractivity contribution in [3.63, 3.8) is 0 Å². The van der Waals surface area contributed by atoms with Gasteiger partial charge in [0.1, 0.15) is 16.8 Å². The van der Waals surface area contributed by atoms with Gasteiger partial charge in [0.25, 0.3) is 0 Å². The first kappa shape index (κ1) is 9.84. The van der Waals surface area contributed by atoms with Gasteiger partial charge in [-0.25, -0.2) is 0 Å². The maximum Gasteiger partial charge on any atom is 0.118 e. The van der Waals surface area contributed by atoms with Gasteiger partial charge in [0.15, 0.2) is 0 Å². The summed E-state index contributed by atoms with van der Waals surface area (Å²) in [6, 6.07) is 13.0. The maximum absolute atomic E-state index is 9.48. The predicted molar refractivity (Wildman–Crippen MR) is 65.3 cm³/mol. The molecule has 0 spiro atoms. The van der Waals surface area contributed by atoms with Crippen LogP contribution in [0.3, 0.4) is 0 Å². The van der Waals surface area contributed by atoms with Gasteiger partial charge in [-0.15, -0.1) is 10.2 Å². The van der Waals surface area contributed by atoms with E-state index in [9.17, 15) is 5.11 Å². The number of benzene rings is 2. The third-order valence-corrected chi connectivity index (χ3v) is 2.70. The van der Waals surface area contributed by atoms with Crippen LogP contribution in [-0.4, -0.2) is 20.1 Å². The van der Waals surface area contributed by atoms with Crippen molar-refractivity contribution in [1.82, 2.24) is 15.0 Å². The summed E-state index contributed by atoms with van der Waals surface area (Å²) in [4.78, 5) is 1.58. The number of hydrogen-bond donors (Lipinski definition) is 1. The Labute approximate surface area is 98.1 Å². The summed E-state index contributed by atoms with van der Waals surface area (Å²) >= 11 is 0.